The van der Waals surface area contributed by atoms with Crippen LogP contribution in [0.5, 0.6) is 0 Å². The van der Waals surface area contributed by atoms with Crippen molar-refractivity contribution >= 4 is 17.4 Å². The van der Waals surface area contributed by atoms with Crippen LogP contribution in [0.3, 0.4) is 0 Å². The number of H-pyrrole nitrogens is 1. The second-order valence-corrected chi connectivity index (χ2v) is 3.40. The number of aromatic amines is 1. The Morgan fingerprint density at radius 2 is 2.13 bits per heavy atom. The Hall–Kier alpha value is -1.77. The number of rotatable bonds is 3. The van der Waals surface area contributed by atoms with Crippen LogP contribution < -0.4 is 5.73 Å². The van der Waals surface area contributed by atoms with Gasteiger partial charge in [-0.3, -0.25) is 4.99 Å². The maximum absolute atomic E-state index is 5.85. The van der Waals surface area contributed by atoms with Crippen LogP contribution in [0.1, 0.15) is 25.2 Å². The summed E-state index contributed by atoms with van der Waals surface area (Å²) in [6.45, 7) is 7.52. The molecule has 1 heterocycles. The highest BCUT2D eigenvalue weighted by Crippen LogP contribution is 2.18. The van der Waals surface area contributed by atoms with E-state index < -0.39 is 0 Å². The molecule has 0 aliphatic carbocycles. The second-order valence-electron chi connectivity index (χ2n) is 3.40. The summed E-state index contributed by atoms with van der Waals surface area (Å²) in [6, 6.07) is 3.95. The molecule has 3 heteroatoms. The van der Waals surface area contributed by atoms with Gasteiger partial charge in [0.2, 0.25) is 0 Å². The third-order valence-electron chi connectivity index (χ3n) is 2.29. The maximum atomic E-state index is 5.85. The molecule has 0 spiro atoms. The predicted molar refractivity (Wildman–Crippen MR) is 66.7 cm³/mol. The first-order valence-electron chi connectivity index (χ1n) is 4.82. The molecule has 0 aliphatic heterocycles. The van der Waals surface area contributed by atoms with Crippen molar-refractivity contribution in [3.05, 3.63) is 35.8 Å². The van der Waals surface area contributed by atoms with Gasteiger partial charge < -0.3 is 10.7 Å². The lowest BCUT2D eigenvalue weighted by Crippen LogP contribution is -2.06. The Morgan fingerprint density at radius 3 is 2.53 bits per heavy atom. The van der Waals surface area contributed by atoms with Gasteiger partial charge in [0, 0.05) is 35.4 Å². The maximum Gasteiger partial charge on any atom is 0.0494 e. The van der Waals surface area contributed by atoms with E-state index in [2.05, 4.69) is 16.6 Å². The summed E-state index contributed by atoms with van der Waals surface area (Å²) >= 11 is 0. The zero-order valence-corrected chi connectivity index (χ0v) is 9.46. The van der Waals surface area contributed by atoms with E-state index in [-0.39, 0.29) is 0 Å². The molecule has 0 unspecified atom stereocenters. The first kappa shape index (κ1) is 11.3. The SMILES string of the molecule is C=Cc1ccc(C(C(C)=NC)=C(C)N)[nH]1. The molecular weight excluding hydrogens is 186 g/mol. The highest BCUT2D eigenvalue weighted by molar-refractivity contribution is 6.22. The number of hydrogen-bond donors (Lipinski definition) is 2. The van der Waals surface area contributed by atoms with Crippen molar-refractivity contribution < 1.29 is 0 Å². The molecule has 0 amide bonds. The quantitative estimate of drug-likeness (QED) is 0.728. The highest BCUT2D eigenvalue weighted by Gasteiger charge is 2.09. The zero-order chi connectivity index (χ0) is 11.4. The van der Waals surface area contributed by atoms with E-state index in [0.29, 0.717) is 0 Å². The molecular formula is C12H17N3. The summed E-state index contributed by atoms with van der Waals surface area (Å²) in [5, 5.41) is 0. The van der Waals surface area contributed by atoms with E-state index in [1.54, 1.807) is 13.1 Å². The van der Waals surface area contributed by atoms with Gasteiger partial charge in [-0.2, -0.15) is 0 Å². The van der Waals surface area contributed by atoms with E-state index in [0.717, 1.165) is 28.4 Å². The zero-order valence-electron chi connectivity index (χ0n) is 9.46. The minimum Gasteiger partial charge on any atom is -0.402 e. The molecule has 0 fully saturated rings. The second kappa shape index (κ2) is 4.64. The number of nitrogens with zero attached hydrogens (tertiary/aromatic N) is 1. The van der Waals surface area contributed by atoms with Crippen LogP contribution >= 0.6 is 0 Å². The van der Waals surface area contributed by atoms with Gasteiger partial charge in [0.15, 0.2) is 0 Å². The van der Waals surface area contributed by atoms with E-state index >= 15 is 0 Å². The van der Waals surface area contributed by atoms with Crippen molar-refractivity contribution in [2.75, 3.05) is 7.05 Å². The number of allylic oxidation sites excluding steroid dienone is 2. The van der Waals surface area contributed by atoms with Crippen molar-refractivity contribution in [1.29, 1.82) is 0 Å². The minimum atomic E-state index is 0.760. The molecule has 0 aromatic carbocycles. The monoisotopic (exact) mass is 203 g/mol. The molecule has 0 saturated heterocycles. The summed E-state index contributed by atoms with van der Waals surface area (Å²) in [6.07, 6.45) is 1.77. The van der Waals surface area contributed by atoms with Gasteiger partial charge >= 0.3 is 0 Å². The average molecular weight is 203 g/mol. The van der Waals surface area contributed by atoms with Crippen molar-refractivity contribution in [2.45, 2.75) is 13.8 Å². The van der Waals surface area contributed by atoms with Gasteiger partial charge in [0.1, 0.15) is 0 Å². The van der Waals surface area contributed by atoms with Crippen molar-refractivity contribution in [2.24, 2.45) is 10.7 Å². The first-order valence-corrected chi connectivity index (χ1v) is 4.82. The molecule has 15 heavy (non-hydrogen) atoms. The lowest BCUT2D eigenvalue weighted by atomic mass is 10.1. The van der Waals surface area contributed by atoms with Gasteiger partial charge in [-0.05, 0) is 32.1 Å². The van der Waals surface area contributed by atoms with Gasteiger partial charge in [-0.15, -0.1) is 0 Å². The van der Waals surface area contributed by atoms with Crippen molar-refractivity contribution in [3.63, 3.8) is 0 Å². The van der Waals surface area contributed by atoms with Gasteiger partial charge in [0.05, 0.1) is 0 Å². The number of nitrogens with two attached hydrogens (primary N) is 1. The van der Waals surface area contributed by atoms with Gasteiger partial charge in [-0.1, -0.05) is 6.58 Å². The summed E-state index contributed by atoms with van der Waals surface area (Å²) in [5.74, 6) is 0. The topological polar surface area (TPSA) is 54.2 Å². The Kier molecular flexibility index (Phi) is 3.50. The normalized spacial score (nSPS) is 13.7. The Labute approximate surface area is 90.4 Å². The smallest absolute Gasteiger partial charge is 0.0494 e. The molecule has 1 aromatic rings. The molecule has 0 atom stereocenters. The predicted octanol–water partition coefficient (Wildman–Crippen LogP) is 2.44. The Balaban J connectivity index is 3.23. The molecule has 0 saturated carbocycles. The fraction of sp³-hybridized carbons (Fsp3) is 0.250. The molecule has 1 rings (SSSR count). The fourth-order valence-electron chi connectivity index (χ4n) is 1.48. The van der Waals surface area contributed by atoms with Crippen molar-refractivity contribution in [1.82, 2.24) is 4.98 Å². The third-order valence-corrected chi connectivity index (χ3v) is 2.29. The third kappa shape index (κ3) is 2.37. The van der Waals surface area contributed by atoms with Crippen molar-refractivity contribution in [3.8, 4) is 0 Å². The van der Waals surface area contributed by atoms with E-state index in [9.17, 15) is 0 Å². The number of aliphatic imine (C=N–C) groups is 1. The number of hydrogen-bond acceptors (Lipinski definition) is 2. The van der Waals surface area contributed by atoms with Crippen LogP contribution in [0, 0.1) is 0 Å². The molecule has 0 radical (unpaired) electrons. The van der Waals surface area contributed by atoms with Gasteiger partial charge in [0.25, 0.3) is 0 Å². The minimum absolute atomic E-state index is 0.760. The number of nitrogens with one attached hydrogen (secondary N) is 1. The lowest BCUT2D eigenvalue weighted by Gasteiger charge is -2.07. The van der Waals surface area contributed by atoms with Crippen LogP contribution in [0.15, 0.2) is 29.4 Å². The fourth-order valence-corrected chi connectivity index (χ4v) is 1.48. The first-order chi connectivity index (χ1) is 7.10. The molecule has 80 valence electrons. The molecule has 1 aromatic heterocycles. The van der Waals surface area contributed by atoms with E-state index in [1.807, 2.05) is 26.0 Å². The van der Waals surface area contributed by atoms with E-state index in [1.165, 1.54) is 0 Å². The molecule has 3 N–H and O–H groups in total. The molecule has 0 aliphatic rings. The standard InChI is InChI=1S/C12H17N3/c1-5-10-6-7-11(15-10)12(8(2)13)9(3)14-4/h5-7,15H,1,13H2,2-4H3. The van der Waals surface area contributed by atoms with Gasteiger partial charge in [-0.25, -0.2) is 0 Å². The van der Waals surface area contributed by atoms with E-state index in [4.69, 9.17) is 5.73 Å². The summed E-state index contributed by atoms with van der Waals surface area (Å²) in [7, 11) is 1.76. The summed E-state index contributed by atoms with van der Waals surface area (Å²) < 4.78 is 0. The number of aromatic nitrogens is 1. The lowest BCUT2D eigenvalue weighted by molar-refractivity contribution is 1.27. The van der Waals surface area contributed by atoms with Crippen LogP contribution in [0.2, 0.25) is 0 Å². The van der Waals surface area contributed by atoms with Crippen LogP contribution in [0.25, 0.3) is 11.6 Å². The largest absolute Gasteiger partial charge is 0.402 e. The average Bonchev–Trinajstić information content (AvgIpc) is 2.65. The van der Waals surface area contributed by atoms with Crippen LogP contribution in [-0.2, 0) is 0 Å². The summed E-state index contributed by atoms with van der Waals surface area (Å²) in [4.78, 5) is 7.38. The Bertz CT molecular complexity index is 418. The highest BCUT2D eigenvalue weighted by atomic mass is 14.8. The van der Waals surface area contributed by atoms with Crippen LogP contribution in [0.4, 0.5) is 0 Å². The Morgan fingerprint density at radius 1 is 1.47 bits per heavy atom. The molecule has 3 nitrogen and oxygen atoms in total. The van der Waals surface area contributed by atoms with Crippen LogP contribution in [-0.4, -0.2) is 17.7 Å². The molecule has 0 bridgehead atoms. The summed E-state index contributed by atoms with van der Waals surface area (Å²) in [5.41, 5.74) is 10.5.